The highest BCUT2D eigenvalue weighted by Crippen LogP contribution is 2.23. The molecule has 0 aliphatic rings. The van der Waals surface area contributed by atoms with E-state index >= 15 is 0 Å². The highest BCUT2D eigenvalue weighted by Gasteiger charge is 2.11. The van der Waals surface area contributed by atoms with Crippen molar-refractivity contribution in [1.82, 2.24) is 4.98 Å². The Hall–Kier alpha value is -3.58. The molecule has 148 valence electrons. The summed E-state index contributed by atoms with van der Waals surface area (Å²) in [7, 11) is 0. The average Bonchev–Trinajstić information content (AvgIpc) is 2.74. The lowest BCUT2D eigenvalue weighted by Gasteiger charge is -2.05. The number of aryl methyl sites for hydroxylation is 1. The molecule has 0 radical (unpaired) electrons. The minimum Gasteiger partial charge on any atom is -0.256 e. The smallest absolute Gasteiger partial charge is 0.142 e. The molecule has 1 aromatic heterocycles. The van der Waals surface area contributed by atoms with Gasteiger partial charge in [-0.25, -0.2) is 13.2 Å². The number of rotatable bonds is 3. The summed E-state index contributed by atoms with van der Waals surface area (Å²) in [6.07, 6.45) is 3.65. The number of benzene rings is 3. The number of aromatic nitrogens is 1. The van der Waals surface area contributed by atoms with E-state index in [1.807, 2.05) is 6.07 Å². The third-order valence-corrected chi connectivity index (χ3v) is 4.84. The van der Waals surface area contributed by atoms with Crippen LogP contribution in [0.25, 0.3) is 22.0 Å². The predicted molar refractivity (Wildman–Crippen MR) is 113 cm³/mol. The summed E-state index contributed by atoms with van der Waals surface area (Å²) in [5.41, 5.74) is 2.26. The van der Waals surface area contributed by atoms with Crippen LogP contribution < -0.4 is 0 Å². The van der Waals surface area contributed by atoms with E-state index in [4.69, 9.17) is 0 Å². The van der Waals surface area contributed by atoms with Gasteiger partial charge in [-0.05, 0) is 65.2 Å². The Morgan fingerprint density at radius 3 is 2.23 bits per heavy atom. The maximum Gasteiger partial charge on any atom is 0.142 e. The summed E-state index contributed by atoms with van der Waals surface area (Å²) >= 11 is 0. The summed E-state index contributed by atoms with van der Waals surface area (Å²) in [4.78, 5) is 4.31. The first-order chi connectivity index (χ1) is 14.5. The molecule has 0 bridgehead atoms. The van der Waals surface area contributed by atoms with Crippen molar-refractivity contribution in [3.8, 4) is 23.1 Å². The lowest BCUT2D eigenvalue weighted by molar-refractivity contribution is 0.578. The summed E-state index contributed by atoms with van der Waals surface area (Å²) in [5, 5.41) is 1.54. The van der Waals surface area contributed by atoms with Gasteiger partial charge in [-0.15, -0.1) is 0 Å². The molecule has 0 spiro atoms. The van der Waals surface area contributed by atoms with Gasteiger partial charge in [0, 0.05) is 17.3 Å². The number of halogens is 3. The normalized spacial score (nSPS) is 10.7. The standard InChI is InChI=1S/C26H18F3N/c1-2-3-18-6-11-26(30-16-18)21-14-24(28)23(25(29)15-21)10-5-17-4-7-20-13-22(27)9-8-19(20)12-17/h4,6-9,11-16H,2-3H2,1H3. The topological polar surface area (TPSA) is 12.9 Å². The van der Waals surface area contributed by atoms with Crippen LogP contribution in [-0.2, 0) is 6.42 Å². The second kappa shape index (κ2) is 8.42. The van der Waals surface area contributed by atoms with Crippen molar-refractivity contribution in [2.75, 3.05) is 0 Å². The molecule has 0 saturated carbocycles. The van der Waals surface area contributed by atoms with Crippen molar-refractivity contribution < 1.29 is 13.2 Å². The van der Waals surface area contributed by atoms with E-state index in [-0.39, 0.29) is 11.4 Å². The van der Waals surface area contributed by atoms with Gasteiger partial charge in [0.2, 0.25) is 0 Å². The third kappa shape index (κ3) is 4.21. The molecule has 0 saturated heterocycles. The first-order valence-electron chi connectivity index (χ1n) is 9.69. The minimum atomic E-state index is -0.736. The van der Waals surface area contributed by atoms with Gasteiger partial charge < -0.3 is 0 Å². The van der Waals surface area contributed by atoms with Crippen molar-refractivity contribution >= 4 is 10.8 Å². The molecule has 4 aromatic rings. The van der Waals surface area contributed by atoms with Crippen LogP contribution in [0.5, 0.6) is 0 Å². The Morgan fingerprint density at radius 1 is 0.800 bits per heavy atom. The second-order valence-electron chi connectivity index (χ2n) is 7.07. The number of nitrogens with zero attached hydrogens (tertiary/aromatic N) is 1. The summed E-state index contributed by atoms with van der Waals surface area (Å²) in [6.45, 7) is 2.08. The van der Waals surface area contributed by atoms with Crippen LogP contribution in [-0.4, -0.2) is 4.98 Å². The fraction of sp³-hybridized carbons (Fsp3) is 0.115. The van der Waals surface area contributed by atoms with E-state index in [1.54, 1.807) is 36.5 Å². The van der Waals surface area contributed by atoms with E-state index in [1.165, 1.54) is 24.3 Å². The lowest BCUT2D eigenvalue weighted by atomic mass is 10.0. The molecule has 0 aliphatic heterocycles. The Bertz CT molecular complexity index is 1260. The first kappa shape index (κ1) is 19.7. The zero-order valence-electron chi connectivity index (χ0n) is 16.3. The van der Waals surface area contributed by atoms with Crippen LogP contribution >= 0.6 is 0 Å². The van der Waals surface area contributed by atoms with Gasteiger partial charge in [0.05, 0.1) is 11.3 Å². The van der Waals surface area contributed by atoms with Gasteiger partial charge in [-0.1, -0.05) is 43.4 Å². The highest BCUT2D eigenvalue weighted by atomic mass is 19.1. The number of pyridine rings is 1. The molecule has 0 fully saturated rings. The molecule has 0 N–H and O–H groups in total. The fourth-order valence-corrected chi connectivity index (χ4v) is 3.30. The zero-order chi connectivity index (χ0) is 21.1. The van der Waals surface area contributed by atoms with Gasteiger partial charge in [-0.3, -0.25) is 4.98 Å². The van der Waals surface area contributed by atoms with Gasteiger partial charge in [-0.2, -0.15) is 0 Å². The highest BCUT2D eigenvalue weighted by molar-refractivity contribution is 5.84. The molecule has 1 nitrogen and oxygen atoms in total. The zero-order valence-corrected chi connectivity index (χ0v) is 16.3. The lowest BCUT2D eigenvalue weighted by Crippen LogP contribution is -1.94. The van der Waals surface area contributed by atoms with Crippen LogP contribution in [0.2, 0.25) is 0 Å². The largest absolute Gasteiger partial charge is 0.256 e. The SMILES string of the molecule is CCCc1ccc(-c2cc(F)c(C#Cc3ccc4cc(F)ccc4c3)c(F)c2)nc1. The van der Waals surface area contributed by atoms with Gasteiger partial charge in [0.25, 0.3) is 0 Å². The van der Waals surface area contributed by atoms with Crippen molar-refractivity contribution in [2.45, 2.75) is 19.8 Å². The second-order valence-corrected chi connectivity index (χ2v) is 7.07. The maximum absolute atomic E-state index is 14.6. The molecule has 0 aliphatic carbocycles. The molecule has 3 aromatic carbocycles. The average molecular weight is 401 g/mol. The van der Waals surface area contributed by atoms with Crippen LogP contribution in [0.15, 0.2) is 66.9 Å². The Morgan fingerprint density at radius 2 is 1.53 bits per heavy atom. The van der Waals surface area contributed by atoms with Crippen molar-refractivity contribution in [1.29, 1.82) is 0 Å². The van der Waals surface area contributed by atoms with Gasteiger partial charge in [0.15, 0.2) is 0 Å². The van der Waals surface area contributed by atoms with E-state index in [2.05, 4.69) is 23.7 Å². The molecular formula is C26H18F3N. The number of hydrogen-bond acceptors (Lipinski definition) is 1. The van der Waals surface area contributed by atoms with Crippen LogP contribution in [0.1, 0.15) is 30.0 Å². The van der Waals surface area contributed by atoms with Crippen LogP contribution in [0.4, 0.5) is 13.2 Å². The molecule has 0 atom stereocenters. The predicted octanol–water partition coefficient (Wildman–Crippen LogP) is 6.67. The summed E-state index contributed by atoms with van der Waals surface area (Å²) < 4.78 is 42.5. The Labute approximate surface area is 173 Å². The number of fused-ring (bicyclic) bond motifs is 1. The molecular weight excluding hydrogens is 383 g/mol. The molecule has 0 unspecified atom stereocenters. The van der Waals surface area contributed by atoms with E-state index in [0.29, 0.717) is 16.8 Å². The molecule has 1 heterocycles. The molecule has 4 rings (SSSR count). The fourth-order valence-electron chi connectivity index (χ4n) is 3.30. The first-order valence-corrected chi connectivity index (χ1v) is 9.69. The van der Waals surface area contributed by atoms with E-state index in [0.717, 1.165) is 29.2 Å². The van der Waals surface area contributed by atoms with Crippen molar-refractivity contribution in [3.63, 3.8) is 0 Å². The van der Waals surface area contributed by atoms with Crippen molar-refractivity contribution in [2.24, 2.45) is 0 Å². The van der Waals surface area contributed by atoms with Gasteiger partial charge >= 0.3 is 0 Å². The Balaban J connectivity index is 1.64. The molecule has 30 heavy (non-hydrogen) atoms. The number of hydrogen-bond donors (Lipinski definition) is 0. The Kier molecular flexibility index (Phi) is 5.54. The molecule has 0 amide bonds. The van der Waals surface area contributed by atoms with E-state index in [9.17, 15) is 13.2 Å². The van der Waals surface area contributed by atoms with Crippen molar-refractivity contribution in [3.05, 3.63) is 101 Å². The van der Waals surface area contributed by atoms with E-state index < -0.39 is 11.6 Å². The minimum absolute atomic E-state index is 0.291. The third-order valence-electron chi connectivity index (χ3n) is 4.84. The molecule has 4 heteroatoms. The summed E-state index contributed by atoms with van der Waals surface area (Å²) in [6, 6.07) is 15.8. The summed E-state index contributed by atoms with van der Waals surface area (Å²) in [5.74, 6) is 3.58. The quantitative estimate of drug-likeness (QED) is 0.349. The van der Waals surface area contributed by atoms with Crippen LogP contribution in [0.3, 0.4) is 0 Å². The van der Waals surface area contributed by atoms with Crippen LogP contribution in [0, 0.1) is 29.3 Å². The van der Waals surface area contributed by atoms with Gasteiger partial charge in [0.1, 0.15) is 17.5 Å². The maximum atomic E-state index is 14.6. The monoisotopic (exact) mass is 401 g/mol.